The molecule has 0 aromatic heterocycles. The molecule has 0 fully saturated rings. The third-order valence-corrected chi connectivity index (χ3v) is 5.06. The molecular formula is C20H23ClN2O3. The summed E-state index contributed by atoms with van der Waals surface area (Å²) in [6, 6.07) is 11.2. The summed E-state index contributed by atoms with van der Waals surface area (Å²) in [6.07, 6.45) is 0. The van der Waals surface area contributed by atoms with Gasteiger partial charge in [0.2, 0.25) is 5.91 Å². The number of nitrogens with one attached hydrogen (secondary N) is 1. The summed E-state index contributed by atoms with van der Waals surface area (Å²) in [5.41, 5.74) is 2.59. The maximum Gasteiger partial charge on any atom is 0.241 e. The molecule has 0 saturated carbocycles. The van der Waals surface area contributed by atoms with Gasteiger partial charge in [0.1, 0.15) is 18.1 Å². The molecule has 0 saturated heterocycles. The predicted octanol–water partition coefficient (Wildman–Crippen LogP) is 3.88. The van der Waals surface area contributed by atoms with Crippen molar-refractivity contribution in [2.24, 2.45) is 0 Å². The van der Waals surface area contributed by atoms with Crippen LogP contribution < -0.4 is 14.8 Å². The number of rotatable bonds is 4. The first-order chi connectivity index (χ1) is 12.5. The largest absolute Gasteiger partial charge is 0.495 e. The van der Waals surface area contributed by atoms with Crippen LogP contribution in [0.25, 0.3) is 0 Å². The number of anilines is 1. The molecule has 3 rings (SSSR count). The Kier molecular flexibility index (Phi) is 5.69. The van der Waals surface area contributed by atoms with Crippen molar-refractivity contribution in [3.8, 4) is 11.5 Å². The first-order valence-electron chi connectivity index (χ1n) is 8.59. The number of hydrogen-bond donors (Lipinski definition) is 1. The number of aryl methyl sites for hydroxylation is 1. The lowest BCUT2D eigenvalue weighted by molar-refractivity contribution is -0.121. The lowest BCUT2D eigenvalue weighted by Crippen LogP contribution is -2.42. The molecule has 0 aliphatic carbocycles. The first kappa shape index (κ1) is 18.5. The molecule has 1 aliphatic rings. The molecule has 0 bridgehead atoms. The highest BCUT2D eigenvalue weighted by molar-refractivity contribution is 6.31. The maximum atomic E-state index is 12.8. The minimum absolute atomic E-state index is 0.0931. The molecule has 5 nitrogen and oxygen atoms in total. The second-order valence-electron chi connectivity index (χ2n) is 6.39. The standard InChI is InChI=1S/C20H23ClN2O3/c1-13-10-17(19(25-3)11-16(13)21)22-20(24)14(2)23-8-9-26-18-7-5-4-6-15(18)12-23/h4-7,10-11,14H,8-9,12H2,1-3H3,(H,22,24). The van der Waals surface area contributed by atoms with E-state index >= 15 is 0 Å². The number of nitrogens with zero attached hydrogens (tertiary/aromatic N) is 1. The van der Waals surface area contributed by atoms with Crippen molar-refractivity contribution < 1.29 is 14.3 Å². The molecular weight excluding hydrogens is 352 g/mol. The highest BCUT2D eigenvalue weighted by Gasteiger charge is 2.25. The number of fused-ring (bicyclic) bond motifs is 1. The third kappa shape index (κ3) is 3.94. The van der Waals surface area contributed by atoms with Crippen LogP contribution in [0.1, 0.15) is 18.1 Å². The Balaban J connectivity index is 1.75. The van der Waals surface area contributed by atoms with Crippen LogP contribution in [0.4, 0.5) is 5.69 Å². The quantitative estimate of drug-likeness (QED) is 0.882. The fourth-order valence-electron chi connectivity index (χ4n) is 3.01. The minimum Gasteiger partial charge on any atom is -0.495 e. The van der Waals surface area contributed by atoms with Gasteiger partial charge in [-0.05, 0) is 31.5 Å². The number of amides is 1. The van der Waals surface area contributed by atoms with Gasteiger partial charge in [0, 0.05) is 29.7 Å². The van der Waals surface area contributed by atoms with Gasteiger partial charge in [-0.2, -0.15) is 0 Å². The van der Waals surface area contributed by atoms with Gasteiger partial charge in [0.05, 0.1) is 18.8 Å². The summed E-state index contributed by atoms with van der Waals surface area (Å²) in [7, 11) is 1.56. The van der Waals surface area contributed by atoms with E-state index in [0.717, 1.165) is 16.9 Å². The topological polar surface area (TPSA) is 50.8 Å². The lowest BCUT2D eigenvalue weighted by Gasteiger charge is -2.26. The Labute approximate surface area is 158 Å². The lowest BCUT2D eigenvalue weighted by atomic mass is 10.1. The molecule has 0 spiro atoms. The van der Waals surface area contributed by atoms with Gasteiger partial charge < -0.3 is 14.8 Å². The highest BCUT2D eigenvalue weighted by Crippen LogP contribution is 2.31. The second-order valence-corrected chi connectivity index (χ2v) is 6.80. The van der Waals surface area contributed by atoms with Crippen LogP contribution in [-0.2, 0) is 11.3 Å². The van der Waals surface area contributed by atoms with Gasteiger partial charge in [-0.25, -0.2) is 0 Å². The van der Waals surface area contributed by atoms with Gasteiger partial charge in [-0.1, -0.05) is 29.8 Å². The van der Waals surface area contributed by atoms with Gasteiger partial charge in [0.25, 0.3) is 0 Å². The van der Waals surface area contributed by atoms with E-state index in [1.807, 2.05) is 44.2 Å². The van der Waals surface area contributed by atoms with Crippen LogP contribution in [0.2, 0.25) is 5.02 Å². The van der Waals surface area contributed by atoms with Crippen molar-refractivity contribution in [2.45, 2.75) is 26.4 Å². The normalized spacial score (nSPS) is 15.4. The molecule has 2 aromatic carbocycles. The number of hydrogen-bond acceptors (Lipinski definition) is 4. The number of carbonyl (C=O) groups is 1. The molecule has 6 heteroatoms. The molecule has 1 heterocycles. The summed E-state index contributed by atoms with van der Waals surface area (Å²) < 4.78 is 11.1. The van der Waals surface area contributed by atoms with Crippen LogP contribution in [-0.4, -0.2) is 37.1 Å². The number of benzene rings is 2. The van der Waals surface area contributed by atoms with Crippen molar-refractivity contribution >= 4 is 23.2 Å². The maximum absolute atomic E-state index is 12.8. The molecule has 138 valence electrons. The average Bonchev–Trinajstić information content (AvgIpc) is 2.86. The van der Waals surface area contributed by atoms with E-state index in [0.29, 0.717) is 36.2 Å². The first-order valence-corrected chi connectivity index (χ1v) is 8.97. The number of halogens is 1. The predicted molar refractivity (Wildman–Crippen MR) is 103 cm³/mol. The third-order valence-electron chi connectivity index (χ3n) is 4.65. The van der Waals surface area contributed by atoms with Gasteiger partial charge in [0.15, 0.2) is 0 Å². The number of para-hydroxylation sites is 1. The molecule has 2 aromatic rings. The van der Waals surface area contributed by atoms with Crippen molar-refractivity contribution in [3.63, 3.8) is 0 Å². The molecule has 1 atom stereocenters. The van der Waals surface area contributed by atoms with Crippen LogP contribution in [0.3, 0.4) is 0 Å². The van der Waals surface area contributed by atoms with E-state index in [9.17, 15) is 4.79 Å². The van der Waals surface area contributed by atoms with Crippen LogP contribution in [0.15, 0.2) is 36.4 Å². The summed E-state index contributed by atoms with van der Waals surface area (Å²) in [6.45, 7) is 5.70. The Hall–Kier alpha value is -2.24. The van der Waals surface area contributed by atoms with E-state index in [2.05, 4.69) is 10.2 Å². The van der Waals surface area contributed by atoms with Gasteiger partial charge in [-0.15, -0.1) is 0 Å². The monoisotopic (exact) mass is 374 g/mol. The Bertz CT molecular complexity index is 810. The smallest absolute Gasteiger partial charge is 0.241 e. The zero-order valence-corrected chi connectivity index (χ0v) is 16.0. The number of methoxy groups -OCH3 is 1. The summed E-state index contributed by atoms with van der Waals surface area (Å²) in [5, 5.41) is 3.57. The van der Waals surface area contributed by atoms with E-state index in [4.69, 9.17) is 21.1 Å². The Morgan fingerprint density at radius 3 is 2.88 bits per heavy atom. The van der Waals surface area contributed by atoms with E-state index in [1.165, 1.54) is 0 Å². The van der Waals surface area contributed by atoms with Crippen molar-refractivity contribution in [3.05, 3.63) is 52.5 Å². The fourth-order valence-corrected chi connectivity index (χ4v) is 3.16. The molecule has 26 heavy (non-hydrogen) atoms. The zero-order valence-electron chi connectivity index (χ0n) is 15.2. The molecule has 1 N–H and O–H groups in total. The number of carbonyl (C=O) groups excluding carboxylic acids is 1. The second kappa shape index (κ2) is 7.98. The van der Waals surface area contributed by atoms with E-state index in [1.54, 1.807) is 13.2 Å². The van der Waals surface area contributed by atoms with Gasteiger partial charge >= 0.3 is 0 Å². The SMILES string of the molecule is COc1cc(Cl)c(C)cc1NC(=O)C(C)N1CCOc2ccccc2C1. The average molecular weight is 375 g/mol. The molecule has 1 aliphatic heterocycles. The van der Waals surface area contributed by atoms with E-state index < -0.39 is 0 Å². The summed E-state index contributed by atoms with van der Waals surface area (Å²) >= 11 is 6.14. The minimum atomic E-state index is -0.314. The Morgan fingerprint density at radius 1 is 1.35 bits per heavy atom. The van der Waals surface area contributed by atoms with Crippen molar-refractivity contribution in [1.29, 1.82) is 0 Å². The Morgan fingerprint density at radius 2 is 2.12 bits per heavy atom. The van der Waals surface area contributed by atoms with Crippen LogP contribution in [0.5, 0.6) is 11.5 Å². The van der Waals surface area contributed by atoms with Crippen molar-refractivity contribution in [2.75, 3.05) is 25.6 Å². The van der Waals surface area contributed by atoms with Crippen LogP contribution >= 0.6 is 11.6 Å². The van der Waals surface area contributed by atoms with E-state index in [-0.39, 0.29) is 11.9 Å². The highest BCUT2D eigenvalue weighted by atomic mass is 35.5. The summed E-state index contributed by atoms with van der Waals surface area (Å²) in [4.78, 5) is 14.9. The zero-order chi connectivity index (χ0) is 18.7. The van der Waals surface area contributed by atoms with Crippen LogP contribution in [0, 0.1) is 6.92 Å². The molecule has 1 amide bonds. The fraction of sp³-hybridized carbons (Fsp3) is 0.350. The van der Waals surface area contributed by atoms with Crippen molar-refractivity contribution in [1.82, 2.24) is 4.90 Å². The summed E-state index contributed by atoms with van der Waals surface area (Å²) in [5.74, 6) is 1.34. The molecule has 1 unspecified atom stereocenters. The van der Waals surface area contributed by atoms with Gasteiger partial charge in [-0.3, -0.25) is 9.69 Å². The number of ether oxygens (including phenoxy) is 2. The molecule has 0 radical (unpaired) electrons.